The van der Waals surface area contributed by atoms with Crippen molar-refractivity contribution in [3.63, 3.8) is 0 Å². The number of hydrogen-bond acceptors (Lipinski definition) is 2. The van der Waals surface area contributed by atoms with Crippen LogP contribution in [-0.2, 0) is 0 Å². The lowest BCUT2D eigenvalue weighted by molar-refractivity contribution is 0.0919. The predicted molar refractivity (Wildman–Crippen MR) is 94.4 cm³/mol. The van der Waals surface area contributed by atoms with Crippen molar-refractivity contribution in [2.24, 2.45) is 5.73 Å². The molecule has 0 radical (unpaired) electrons. The molecule has 0 atom stereocenters. The van der Waals surface area contributed by atoms with Gasteiger partial charge in [0.1, 0.15) is 0 Å². The van der Waals surface area contributed by atoms with E-state index in [1.165, 1.54) is 0 Å². The van der Waals surface area contributed by atoms with Gasteiger partial charge in [0.25, 0.3) is 5.91 Å². The molecule has 0 aliphatic rings. The van der Waals surface area contributed by atoms with Gasteiger partial charge in [-0.05, 0) is 69.6 Å². The average Bonchev–Trinajstić information content (AvgIpc) is 2.38. The molecule has 0 aliphatic carbocycles. The highest BCUT2D eigenvalue weighted by molar-refractivity contribution is 14.1. The van der Waals surface area contributed by atoms with Gasteiger partial charge in [-0.2, -0.15) is 0 Å². The number of hydrogen-bond donors (Lipinski definition) is 2. The van der Waals surface area contributed by atoms with Crippen molar-refractivity contribution in [3.05, 3.63) is 31.8 Å². The van der Waals surface area contributed by atoms with Crippen molar-refractivity contribution in [1.82, 2.24) is 5.32 Å². The Labute approximate surface area is 141 Å². The summed E-state index contributed by atoms with van der Waals surface area (Å²) in [5.41, 5.74) is 5.76. The first-order valence-corrected chi connectivity index (χ1v) is 8.21. The summed E-state index contributed by atoms with van der Waals surface area (Å²) in [6.45, 7) is 3.93. The standard InChI is InChI=1S/C13H16BrIN2OS/c1-3-13(4-2,12(16)19)17-11(18)9-7-8(15)5-6-10(9)14/h5-7H,3-4H2,1-2H3,(H2,16,19)(H,17,18). The first-order valence-electron chi connectivity index (χ1n) is 5.93. The van der Waals surface area contributed by atoms with E-state index in [2.05, 4.69) is 43.8 Å². The first kappa shape index (κ1) is 16.8. The third-order valence-corrected chi connectivity index (χ3v) is 4.96. The maximum Gasteiger partial charge on any atom is 0.253 e. The van der Waals surface area contributed by atoms with Crippen LogP contribution in [0.15, 0.2) is 22.7 Å². The van der Waals surface area contributed by atoms with E-state index >= 15 is 0 Å². The van der Waals surface area contributed by atoms with E-state index in [0.717, 1.165) is 8.04 Å². The largest absolute Gasteiger partial charge is 0.391 e. The monoisotopic (exact) mass is 454 g/mol. The van der Waals surface area contributed by atoms with Crippen LogP contribution >= 0.6 is 50.7 Å². The molecule has 0 fully saturated rings. The average molecular weight is 455 g/mol. The fraction of sp³-hybridized carbons (Fsp3) is 0.385. The minimum atomic E-state index is -0.618. The molecule has 0 spiro atoms. The van der Waals surface area contributed by atoms with Crippen LogP contribution < -0.4 is 11.1 Å². The van der Waals surface area contributed by atoms with Crippen molar-refractivity contribution < 1.29 is 4.79 Å². The molecule has 0 unspecified atom stereocenters. The summed E-state index contributed by atoms with van der Waals surface area (Å²) < 4.78 is 1.76. The molecule has 3 nitrogen and oxygen atoms in total. The minimum Gasteiger partial charge on any atom is -0.391 e. The second kappa shape index (κ2) is 6.99. The normalized spacial score (nSPS) is 11.2. The number of nitrogens with one attached hydrogen (secondary N) is 1. The molecule has 0 saturated heterocycles. The van der Waals surface area contributed by atoms with Gasteiger partial charge in [-0.15, -0.1) is 0 Å². The molecule has 0 aromatic heterocycles. The van der Waals surface area contributed by atoms with Gasteiger partial charge in [0.05, 0.1) is 16.1 Å². The molecule has 0 saturated carbocycles. The van der Waals surface area contributed by atoms with Crippen LogP contribution in [0.4, 0.5) is 0 Å². The number of amides is 1. The third-order valence-electron chi connectivity index (χ3n) is 3.20. The molecule has 0 bridgehead atoms. The lowest BCUT2D eigenvalue weighted by Gasteiger charge is -2.31. The summed E-state index contributed by atoms with van der Waals surface area (Å²) in [5, 5.41) is 2.98. The Bertz CT molecular complexity index is 503. The second-order valence-electron chi connectivity index (χ2n) is 4.23. The number of halogens is 2. The van der Waals surface area contributed by atoms with E-state index in [1.807, 2.05) is 32.0 Å². The number of benzene rings is 1. The summed E-state index contributed by atoms with van der Waals surface area (Å²) >= 11 is 10.7. The van der Waals surface area contributed by atoms with E-state index in [9.17, 15) is 4.79 Å². The molecule has 1 amide bonds. The van der Waals surface area contributed by atoms with E-state index < -0.39 is 5.54 Å². The topological polar surface area (TPSA) is 55.1 Å². The highest BCUT2D eigenvalue weighted by Crippen LogP contribution is 2.22. The van der Waals surface area contributed by atoms with E-state index in [-0.39, 0.29) is 5.91 Å². The van der Waals surface area contributed by atoms with Gasteiger partial charge in [0, 0.05) is 8.04 Å². The Morgan fingerprint density at radius 2 is 2.05 bits per heavy atom. The summed E-state index contributed by atoms with van der Waals surface area (Å²) in [6.07, 6.45) is 1.35. The summed E-state index contributed by atoms with van der Waals surface area (Å²) in [4.78, 5) is 12.7. The van der Waals surface area contributed by atoms with E-state index in [1.54, 1.807) is 0 Å². The van der Waals surface area contributed by atoms with Crippen molar-refractivity contribution in [1.29, 1.82) is 0 Å². The maximum absolute atomic E-state index is 12.4. The Hall–Kier alpha value is -0.210. The fourth-order valence-electron chi connectivity index (χ4n) is 1.79. The van der Waals surface area contributed by atoms with Gasteiger partial charge in [-0.1, -0.05) is 26.1 Å². The molecule has 0 aliphatic heterocycles. The van der Waals surface area contributed by atoms with Crippen molar-refractivity contribution in [2.75, 3.05) is 0 Å². The van der Waals surface area contributed by atoms with Gasteiger partial charge in [-0.25, -0.2) is 0 Å². The molecule has 1 aromatic carbocycles. The lowest BCUT2D eigenvalue weighted by Crippen LogP contribution is -2.56. The van der Waals surface area contributed by atoms with Crippen LogP contribution in [-0.4, -0.2) is 16.4 Å². The zero-order valence-corrected chi connectivity index (χ0v) is 15.4. The van der Waals surface area contributed by atoms with Crippen molar-refractivity contribution >= 4 is 61.6 Å². The minimum absolute atomic E-state index is 0.165. The molecule has 19 heavy (non-hydrogen) atoms. The molecule has 104 valence electrons. The smallest absolute Gasteiger partial charge is 0.253 e. The first-order chi connectivity index (χ1) is 8.86. The third kappa shape index (κ3) is 3.88. The van der Waals surface area contributed by atoms with E-state index in [0.29, 0.717) is 23.4 Å². The predicted octanol–water partition coefficient (Wildman–Crippen LogP) is 3.63. The van der Waals surface area contributed by atoms with Crippen LogP contribution in [0.25, 0.3) is 0 Å². The van der Waals surface area contributed by atoms with Crippen LogP contribution in [0.1, 0.15) is 37.0 Å². The molecular formula is C13H16BrIN2OS. The Morgan fingerprint density at radius 1 is 1.47 bits per heavy atom. The Kier molecular flexibility index (Phi) is 6.19. The summed E-state index contributed by atoms with van der Waals surface area (Å²) in [6, 6.07) is 5.62. The Morgan fingerprint density at radius 3 is 2.53 bits per heavy atom. The van der Waals surface area contributed by atoms with Crippen LogP contribution in [0.3, 0.4) is 0 Å². The number of thiocarbonyl (C=S) groups is 1. The maximum atomic E-state index is 12.4. The van der Waals surface area contributed by atoms with Crippen molar-refractivity contribution in [2.45, 2.75) is 32.2 Å². The van der Waals surface area contributed by atoms with Gasteiger partial charge in [-0.3, -0.25) is 4.79 Å². The van der Waals surface area contributed by atoms with Crippen LogP contribution in [0, 0.1) is 3.57 Å². The molecule has 1 aromatic rings. The van der Waals surface area contributed by atoms with Crippen LogP contribution in [0.2, 0.25) is 0 Å². The molecule has 3 N–H and O–H groups in total. The van der Waals surface area contributed by atoms with Gasteiger partial charge >= 0.3 is 0 Å². The second-order valence-corrected chi connectivity index (χ2v) is 6.77. The van der Waals surface area contributed by atoms with E-state index in [4.69, 9.17) is 18.0 Å². The highest BCUT2D eigenvalue weighted by Gasteiger charge is 2.32. The summed E-state index contributed by atoms with van der Waals surface area (Å²) in [5.74, 6) is -0.165. The number of carbonyl (C=O) groups excluding carboxylic acids is 1. The van der Waals surface area contributed by atoms with Gasteiger partial charge in [0.15, 0.2) is 0 Å². The quantitative estimate of drug-likeness (QED) is 0.527. The summed E-state index contributed by atoms with van der Waals surface area (Å²) in [7, 11) is 0. The molecule has 1 rings (SSSR count). The molecule has 6 heteroatoms. The van der Waals surface area contributed by atoms with Crippen LogP contribution in [0.5, 0.6) is 0 Å². The zero-order chi connectivity index (χ0) is 14.6. The van der Waals surface area contributed by atoms with Gasteiger partial charge in [0.2, 0.25) is 0 Å². The SMILES string of the molecule is CCC(CC)(NC(=O)c1cc(I)ccc1Br)C(N)=S. The molecular weight excluding hydrogens is 439 g/mol. The molecule has 0 heterocycles. The van der Waals surface area contributed by atoms with Gasteiger partial charge < -0.3 is 11.1 Å². The number of rotatable bonds is 5. The lowest BCUT2D eigenvalue weighted by atomic mass is 9.92. The fourth-order valence-corrected chi connectivity index (χ4v) is 3.05. The zero-order valence-electron chi connectivity index (χ0n) is 10.8. The Balaban J connectivity index is 3.07. The number of nitrogens with two attached hydrogens (primary N) is 1. The van der Waals surface area contributed by atoms with Crippen molar-refractivity contribution in [3.8, 4) is 0 Å². The highest BCUT2D eigenvalue weighted by atomic mass is 127. The number of carbonyl (C=O) groups is 1.